The summed E-state index contributed by atoms with van der Waals surface area (Å²) in [5, 5.41) is 0. The van der Waals surface area contributed by atoms with Crippen LogP contribution in [0.1, 0.15) is 50.4 Å². The molecule has 1 heterocycles. The third-order valence-electron chi connectivity index (χ3n) is 3.70. The van der Waals surface area contributed by atoms with Crippen molar-refractivity contribution in [2.45, 2.75) is 40.2 Å². The van der Waals surface area contributed by atoms with E-state index in [0.29, 0.717) is 0 Å². The molecule has 0 bridgehead atoms. The lowest BCUT2D eigenvalue weighted by molar-refractivity contribution is 0.901. The molecule has 1 atom stereocenters. The minimum absolute atomic E-state index is 0.189. The van der Waals surface area contributed by atoms with E-state index in [0.717, 1.165) is 6.42 Å². The summed E-state index contributed by atoms with van der Waals surface area (Å²) in [5.74, 6) is 0. The van der Waals surface area contributed by atoms with Crippen LogP contribution in [0.2, 0.25) is 0 Å². The molecular weight excluding hydrogens is 242 g/mol. The minimum Gasteiger partial charge on any atom is -0.281 e. The van der Waals surface area contributed by atoms with Crippen molar-refractivity contribution in [1.29, 1.82) is 0 Å². The van der Waals surface area contributed by atoms with E-state index >= 15 is 0 Å². The van der Waals surface area contributed by atoms with Crippen LogP contribution in [0.3, 0.4) is 0 Å². The van der Waals surface area contributed by atoms with E-state index in [4.69, 9.17) is 0 Å². The first-order valence-electron chi connectivity index (χ1n) is 7.33. The Morgan fingerprint density at radius 2 is 2.10 bits per heavy atom. The van der Waals surface area contributed by atoms with Crippen LogP contribution in [0, 0.1) is 0 Å². The van der Waals surface area contributed by atoms with Crippen molar-refractivity contribution < 1.29 is 0 Å². The van der Waals surface area contributed by atoms with Gasteiger partial charge in [0.1, 0.15) is 0 Å². The fraction of sp³-hybridized carbons (Fsp3) is 0.316. The Morgan fingerprint density at radius 1 is 1.30 bits per heavy atom. The maximum absolute atomic E-state index is 4.61. The molecule has 0 amide bonds. The number of rotatable bonds is 4. The van der Waals surface area contributed by atoms with Crippen molar-refractivity contribution in [2.75, 3.05) is 0 Å². The molecule has 1 aliphatic heterocycles. The van der Waals surface area contributed by atoms with Gasteiger partial charge in [0, 0.05) is 6.21 Å². The molecular formula is C19H23N. The molecule has 0 fully saturated rings. The molecule has 2 rings (SSSR count). The van der Waals surface area contributed by atoms with E-state index < -0.39 is 0 Å². The Kier molecular flexibility index (Phi) is 4.73. The van der Waals surface area contributed by atoms with Gasteiger partial charge in [0.15, 0.2) is 0 Å². The van der Waals surface area contributed by atoms with Crippen LogP contribution in [-0.2, 0) is 6.42 Å². The number of aryl methyl sites for hydroxylation is 1. The molecule has 20 heavy (non-hydrogen) atoms. The topological polar surface area (TPSA) is 12.4 Å². The molecule has 0 aliphatic carbocycles. The number of allylic oxidation sites excluding steroid dienone is 5. The highest BCUT2D eigenvalue weighted by Gasteiger charge is 2.15. The molecule has 1 nitrogen and oxygen atoms in total. The lowest BCUT2D eigenvalue weighted by Crippen LogP contribution is -1.98. The number of nitrogens with zero attached hydrogens (tertiary/aromatic N) is 1. The average Bonchev–Trinajstić information content (AvgIpc) is 2.90. The molecule has 0 spiro atoms. The number of aliphatic imine (C=N–C) groups is 1. The molecule has 1 aromatic rings. The molecule has 104 valence electrons. The molecule has 0 N–H and O–H groups in total. The van der Waals surface area contributed by atoms with Gasteiger partial charge < -0.3 is 0 Å². The fourth-order valence-corrected chi connectivity index (χ4v) is 2.61. The Labute approximate surface area is 122 Å². The monoisotopic (exact) mass is 265 g/mol. The van der Waals surface area contributed by atoms with E-state index in [1.54, 1.807) is 0 Å². The summed E-state index contributed by atoms with van der Waals surface area (Å²) in [7, 11) is 0. The van der Waals surface area contributed by atoms with E-state index in [1.807, 2.05) is 6.21 Å². The van der Waals surface area contributed by atoms with Gasteiger partial charge in [0.05, 0.1) is 6.04 Å². The average molecular weight is 265 g/mol. The fourth-order valence-electron chi connectivity index (χ4n) is 2.61. The Balaban J connectivity index is 2.47. The molecule has 1 heteroatoms. The maximum Gasteiger partial charge on any atom is 0.0939 e. The Hall–Kier alpha value is -1.89. The minimum atomic E-state index is 0.189. The molecule has 1 aromatic carbocycles. The SMILES string of the molecule is C/C=C\C(=C/C)c1ccc(CC)c(C2C=C(C)C=N2)c1. The summed E-state index contributed by atoms with van der Waals surface area (Å²) in [6.45, 7) is 8.45. The standard InChI is InChI=1S/C19H23N/c1-5-8-15(6-2)17-10-9-16(7-3)18(12-17)19-11-14(4)13-20-19/h5-6,8-13,19H,7H2,1-4H3/b8-5-,15-6+. The normalized spacial score (nSPS) is 18.9. The summed E-state index contributed by atoms with van der Waals surface area (Å²) < 4.78 is 0. The van der Waals surface area contributed by atoms with Gasteiger partial charge in [0.25, 0.3) is 0 Å². The highest BCUT2D eigenvalue weighted by molar-refractivity contribution is 5.81. The summed E-state index contributed by atoms with van der Waals surface area (Å²) in [6, 6.07) is 6.95. The number of benzene rings is 1. The van der Waals surface area contributed by atoms with Crippen molar-refractivity contribution in [3.05, 3.63) is 64.8 Å². The van der Waals surface area contributed by atoms with Crippen LogP contribution in [0.15, 0.2) is 53.1 Å². The molecule has 0 saturated heterocycles. The lowest BCUT2D eigenvalue weighted by Gasteiger charge is -2.14. The van der Waals surface area contributed by atoms with Gasteiger partial charge in [-0.05, 0) is 61.1 Å². The van der Waals surface area contributed by atoms with Crippen LogP contribution >= 0.6 is 0 Å². The molecule has 0 aromatic heterocycles. The van der Waals surface area contributed by atoms with Crippen LogP contribution in [0.4, 0.5) is 0 Å². The summed E-state index contributed by atoms with van der Waals surface area (Å²) in [4.78, 5) is 4.61. The zero-order valence-electron chi connectivity index (χ0n) is 12.9. The summed E-state index contributed by atoms with van der Waals surface area (Å²) in [5.41, 5.74) is 6.51. The van der Waals surface area contributed by atoms with Gasteiger partial charge in [-0.15, -0.1) is 0 Å². The highest BCUT2D eigenvalue weighted by Crippen LogP contribution is 2.30. The van der Waals surface area contributed by atoms with Crippen LogP contribution in [0.25, 0.3) is 5.57 Å². The largest absolute Gasteiger partial charge is 0.281 e. The second-order valence-electron chi connectivity index (χ2n) is 5.14. The van der Waals surface area contributed by atoms with Gasteiger partial charge in [-0.1, -0.05) is 43.4 Å². The molecule has 1 aliphatic rings. The zero-order chi connectivity index (χ0) is 14.5. The maximum atomic E-state index is 4.61. The van der Waals surface area contributed by atoms with Gasteiger partial charge in [-0.3, -0.25) is 4.99 Å². The van der Waals surface area contributed by atoms with Gasteiger partial charge in [-0.25, -0.2) is 0 Å². The third kappa shape index (κ3) is 2.98. The van der Waals surface area contributed by atoms with Crippen LogP contribution in [-0.4, -0.2) is 6.21 Å². The van der Waals surface area contributed by atoms with Crippen molar-refractivity contribution >= 4 is 11.8 Å². The Morgan fingerprint density at radius 3 is 2.65 bits per heavy atom. The summed E-state index contributed by atoms with van der Waals surface area (Å²) >= 11 is 0. The van der Waals surface area contributed by atoms with Crippen molar-refractivity contribution in [1.82, 2.24) is 0 Å². The first-order chi connectivity index (χ1) is 9.69. The first kappa shape index (κ1) is 14.5. The predicted molar refractivity (Wildman–Crippen MR) is 89.3 cm³/mol. The van der Waals surface area contributed by atoms with Gasteiger partial charge in [0.2, 0.25) is 0 Å². The quantitative estimate of drug-likeness (QED) is 0.655. The van der Waals surface area contributed by atoms with E-state index in [1.165, 1.54) is 27.8 Å². The lowest BCUT2D eigenvalue weighted by atomic mass is 9.93. The number of hydrogen-bond acceptors (Lipinski definition) is 1. The van der Waals surface area contributed by atoms with Crippen molar-refractivity contribution in [2.24, 2.45) is 4.99 Å². The van der Waals surface area contributed by atoms with E-state index in [2.05, 4.69) is 75.2 Å². The first-order valence-corrected chi connectivity index (χ1v) is 7.33. The number of hydrogen-bond donors (Lipinski definition) is 0. The van der Waals surface area contributed by atoms with Crippen LogP contribution in [0.5, 0.6) is 0 Å². The predicted octanol–water partition coefficient (Wildman–Crippen LogP) is 5.30. The molecule has 0 radical (unpaired) electrons. The van der Waals surface area contributed by atoms with Crippen molar-refractivity contribution in [3.8, 4) is 0 Å². The van der Waals surface area contributed by atoms with Crippen molar-refractivity contribution in [3.63, 3.8) is 0 Å². The second-order valence-corrected chi connectivity index (χ2v) is 5.14. The zero-order valence-corrected chi connectivity index (χ0v) is 12.9. The smallest absolute Gasteiger partial charge is 0.0939 e. The molecule has 0 saturated carbocycles. The van der Waals surface area contributed by atoms with Gasteiger partial charge >= 0.3 is 0 Å². The van der Waals surface area contributed by atoms with Gasteiger partial charge in [-0.2, -0.15) is 0 Å². The molecule has 1 unspecified atom stereocenters. The summed E-state index contributed by atoms with van der Waals surface area (Å²) in [6.07, 6.45) is 11.7. The highest BCUT2D eigenvalue weighted by atomic mass is 14.8. The Bertz CT molecular complexity index is 600. The van der Waals surface area contributed by atoms with E-state index in [-0.39, 0.29) is 6.04 Å². The van der Waals surface area contributed by atoms with Crippen LogP contribution < -0.4 is 0 Å². The third-order valence-corrected chi connectivity index (χ3v) is 3.70. The second kappa shape index (κ2) is 6.51. The van der Waals surface area contributed by atoms with E-state index in [9.17, 15) is 0 Å².